The first-order chi connectivity index (χ1) is 9.19. The van der Waals surface area contributed by atoms with Crippen molar-refractivity contribution in [2.75, 3.05) is 0 Å². The van der Waals surface area contributed by atoms with Gasteiger partial charge in [0.1, 0.15) is 0 Å². The summed E-state index contributed by atoms with van der Waals surface area (Å²) in [4.78, 5) is 0. The van der Waals surface area contributed by atoms with Gasteiger partial charge in [0, 0.05) is 0 Å². The van der Waals surface area contributed by atoms with E-state index in [0.717, 1.165) is 24.7 Å². The summed E-state index contributed by atoms with van der Waals surface area (Å²) in [6.07, 6.45) is 14.4. The molecule has 1 nitrogen and oxygen atoms in total. The molecular weight excluding hydrogens is 232 g/mol. The molecule has 0 aliphatic heterocycles. The van der Waals surface area contributed by atoms with E-state index in [9.17, 15) is 5.11 Å². The molecule has 1 saturated carbocycles. The van der Waals surface area contributed by atoms with Crippen LogP contribution in [0.2, 0.25) is 0 Å². The maximum atomic E-state index is 10.3. The molecule has 0 spiro atoms. The highest BCUT2D eigenvalue weighted by molar-refractivity contribution is 4.76. The predicted molar refractivity (Wildman–Crippen MR) is 84.2 cm³/mol. The molecule has 0 bridgehead atoms. The third-order valence-corrected chi connectivity index (χ3v) is 5.18. The fourth-order valence-corrected chi connectivity index (χ4v) is 3.65. The van der Waals surface area contributed by atoms with E-state index in [1.807, 2.05) is 6.08 Å². The summed E-state index contributed by atoms with van der Waals surface area (Å²) in [5.74, 6) is 2.13. The third-order valence-electron chi connectivity index (χ3n) is 5.18. The van der Waals surface area contributed by atoms with Crippen LogP contribution in [-0.4, -0.2) is 11.2 Å². The molecule has 0 aromatic carbocycles. The van der Waals surface area contributed by atoms with Crippen LogP contribution in [0.3, 0.4) is 0 Å². The quantitative estimate of drug-likeness (QED) is 0.559. The highest BCUT2D eigenvalue weighted by Crippen LogP contribution is 2.31. The Labute approximate surface area is 120 Å². The standard InChI is InChI=1S/C18H34O/c1-4-6-10-16(5-2)15(3)13-14-18(19)17-11-8-7-9-12-17/h4,15-19H,1,5-14H2,2-3H3. The summed E-state index contributed by atoms with van der Waals surface area (Å²) in [7, 11) is 0. The average molecular weight is 266 g/mol. The van der Waals surface area contributed by atoms with Gasteiger partial charge in [-0.25, -0.2) is 0 Å². The van der Waals surface area contributed by atoms with E-state index >= 15 is 0 Å². The molecule has 112 valence electrons. The van der Waals surface area contributed by atoms with Crippen LogP contribution in [0.15, 0.2) is 12.7 Å². The van der Waals surface area contributed by atoms with E-state index in [-0.39, 0.29) is 6.10 Å². The SMILES string of the molecule is C=CCCC(CC)C(C)CCC(O)C1CCCCC1. The van der Waals surface area contributed by atoms with E-state index in [2.05, 4.69) is 20.4 Å². The highest BCUT2D eigenvalue weighted by atomic mass is 16.3. The van der Waals surface area contributed by atoms with Crippen molar-refractivity contribution >= 4 is 0 Å². The van der Waals surface area contributed by atoms with Gasteiger partial charge in [-0.15, -0.1) is 6.58 Å². The summed E-state index contributed by atoms with van der Waals surface area (Å²) >= 11 is 0. The van der Waals surface area contributed by atoms with Gasteiger partial charge in [0.05, 0.1) is 6.10 Å². The summed E-state index contributed by atoms with van der Waals surface area (Å²) < 4.78 is 0. The molecule has 0 aromatic heterocycles. The van der Waals surface area contributed by atoms with Crippen LogP contribution in [0, 0.1) is 17.8 Å². The molecule has 0 amide bonds. The molecule has 1 rings (SSSR count). The minimum absolute atomic E-state index is 0.0420. The van der Waals surface area contributed by atoms with E-state index in [4.69, 9.17) is 0 Å². The lowest BCUT2D eigenvalue weighted by atomic mass is 9.80. The average Bonchev–Trinajstić information content (AvgIpc) is 2.46. The first-order valence-electron chi connectivity index (χ1n) is 8.48. The van der Waals surface area contributed by atoms with Gasteiger partial charge in [0.2, 0.25) is 0 Å². The van der Waals surface area contributed by atoms with Crippen molar-refractivity contribution in [3.8, 4) is 0 Å². The molecule has 3 atom stereocenters. The van der Waals surface area contributed by atoms with Crippen LogP contribution in [-0.2, 0) is 0 Å². The van der Waals surface area contributed by atoms with Crippen molar-refractivity contribution in [3.63, 3.8) is 0 Å². The number of hydrogen-bond acceptors (Lipinski definition) is 1. The molecule has 1 aliphatic rings. The first-order valence-corrected chi connectivity index (χ1v) is 8.48. The van der Waals surface area contributed by atoms with E-state index in [1.54, 1.807) is 0 Å². The zero-order valence-electron chi connectivity index (χ0n) is 13.1. The Bertz CT molecular complexity index is 230. The molecule has 0 heterocycles. The van der Waals surface area contributed by atoms with Gasteiger partial charge in [-0.05, 0) is 56.3 Å². The maximum Gasteiger partial charge on any atom is 0.0568 e. The molecule has 1 heteroatoms. The zero-order valence-corrected chi connectivity index (χ0v) is 13.1. The number of aliphatic hydroxyl groups excluding tert-OH is 1. The molecule has 1 aliphatic carbocycles. The fraction of sp³-hybridized carbons (Fsp3) is 0.889. The lowest BCUT2D eigenvalue weighted by molar-refractivity contribution is 0.0685. The van der Waals surface area contributed by atoms with Crippen LogP contribution >= 0.6 is 0 Å². The van der Waals surface area contributed by atoms with Crippen molar-refractivity contribution in [1.29, 1.82) is 0 Å². The smallest absolute Gasteiger partial charge is 0.0568 e. The normalized spacial score (nSPS) is 21.8. The maximum absolute atomic E-state index is 10.3. The Morgan fingerprint density at radius 1 is 1.16 bits per heavy atom. The third kappa shape index (κ3) is 6.12. The van der Waals surface area contributed by atoms with Crippen molar-refractivity contribution in [3.05, 3.63) is 12.7 Å². The van der Waals surface area contributed by atoms with Gasteiger partial charge >= 0.3 is 0 Å². The Hall–Kier alpha value is -0.300. The van der Waals surface area contributed by atoms with Crippen LogP contribution in [0.1, 0.15) is 78.1 Å². The number of rotatable bonds is 9. The largest absolute Gasteiger partial charge is 0.393 e. The Morgan fingerprint density at radius 3 is 2.42 bits per heavy atom. The molecule has 0 saturated heterocycles. The molecule has 19 heavy (non-hydrogen) atoms. The van der Waals surface area contributed by atoms with Crippen molar-refractivity contribution in [1.82, 2.24) is 0 Å². The molecular formula is C18H34O. The first kappa shape index (κ1) is 16.8. The van der Waals surface area contributed by atoms with Gasteiger partial charge in [-0.1, -0.05) is 45.6 Å². The van der Waals surface area contributed by atoms with E-state index < -0.39 is 0 Å². The fourth-order valence-electron chi connectivity index (χ4n) is 3.65. The Balaban J connectivity index is 2.26. The Kier molecular flexibility index (Phi) is 8.45. The molecule has 0 aromatic rings. The van der Waals surface area contributed by atoms with Gasteiger partial charge in [-0.3, -0.25) is 0 Å². The monoisotopic (exact) mass is 266 g/mol. The lowest BCUT2D eigenvalue weighted by Crippen LogP contribution is -2.24. The van der Waals surface area contributed by atoms with Gasteiger partial charge < -0.3 is 5.11 Å². The second-order valence-corrected chi connectivity index (χ2v) is 6.55. The lowest BCUT2D eigenvalue weighted by Gasteiger charge is -2.29. The number of hydrogen-bond donors (Lipinski definition) is 1. The minimum atomic E-state index is -0.0420. The summed E-state index contributed by atoms with van der Waals surface area (Å²) in [5.41, 5.74) is 0. The number of allylic oxidation sites excluding steroid dienone is 1. The van der Waals surface area contributed by atoms with Crippen molar-refractivity contribution < 1.29 is 5.11 Å². The second kappa shape index (κ2) is 9.58. The Morgan fingerprint density at radius 2 is 1.84 bits per heavy atom. The van der Waals surface area contributed by atoms with Crippen molar-refractivity contribution in [2.24, 2.45) is 17.8 Å². The van der Waals surface area contributed by atoms with Crippen LogP contribution in [0.5, 0.6) is 0 Å². The molecule has 3 unspecified atom stereocenters. The van der Waals surface area contributed by atoms with Gasteiger partial charge in [0.15, 0.2) is 0 Å². The molecule has 0 radical (unpaired) electrons. The van der Waals surface area contributed by atoms with Crippen molar-refractivity contribution in [2.45, 2.75) is 84.2 Å². The van der Waals surface area contributed by atoms with Crippen LogP contribution in [0.4, 0.5) is 0 Å². The molecule has 1 N–H and O–H groups in total. The number of aliphatic hydroxyl groups is 1. The van der Waals surface area contributed by atoms with Crippen LogP contribution < -0.4 is 0 Å². The summed E-state index contributed by atoms with van der Waals surface area (Å²) in [5, 5.41) is 10.3. The van der Waals surface area contributed by atoms with Gasteiger partial charge in [0.25, 0.3) is 0 Å². The topological polar surface area (TPSA) is 20.2 Å². The zero-order chi connectivity index (χ0) is 14.1. The van der Waals surface area contributed by atoms with E-state index in [1.165, 1.54) is 51.4 Å². The highest BCUT2D eigenvalue weighted by Gasteiger charge is 2.23. The van der Waals surface area contributed by atoms with Gasteiger partial charge in [-0.2, -0.15) is 0 Å². The minimum Gasteiger partial charge on any atom is -0.393 e. The predicted octanol–water partition coefficient (Wildman–Crippen LogP) is 5.34. The molecule has 1 fully saturated rings. The van der Waals surface area contributed by atoms with E-state index in [0.29, 0.717) is 5.92 Å². The summed E-state index contributed by atoms with van der Waals surface area (Å²) in [6, 6.07) is 0. The summed E-state index contributed by atoms with van der Waals surface area (Å²) in [6.45, 7) is 8.48. The van der Waals surface area contributed by atoms with Crippen LogP contribution in [0.25, 0.3) is 0 Å². The second-order valence-electron chi connectivity index (χ2n) is 6.55.